The number of nitrogens with one attached hydrogen (secondary N) is 1. The van der Waals surface area contributed by atoms with Gasteiger partial charge in [0.15, 0.2) is 11.5 Å². The summed E-state index contributed by atoms with van der Waals surface area (Å²) in [7, 11) is 4.64. The molecular weight excluding hydrogens is 382 g/mol. The molecule has 0 spiro atoms. The molecule has 0 aliphatic heterocycles. The second kappa shape index (κ2) is 8.16. The van der Waals surface area contributed by atoms with Crippen molar-refractivity contribution in [2.24, 2.45) is 0 Å². The minimum Gasteiger partial charge on any atom is -0.495 e. The van der Waals surface area contributed by atoms with Gasteiger partial charge in [0.25, 0.3) is 5.91 Å². The van der Waals surface area contributed by atoms with E-state index < -0.39 is 0 Å². The molecule has 2 aromatic carbocycles. The fourth-order valence-corrected chi connectivity index (χ4v) is 3.21. The molecule has 0 bridgehead atoms. The maximum Gasteiger partial charge on any atom is 0.255 e. The molecule has 1 amide bonds. The summed E-state index contributed by atoms with van der Waals surface area (Å²) in [5.74, 6) is 1.30. The fourth-order valence-electron chi connectivity index (χ4n) is 3.21. The summed E-state index contributed by atoms with van der Waals surface area (Å²) in [6.45, 7) is 0. The van der Waals surface area contributed by atoms with Crippen molar-refractivity contribution in [3.63, 3.8) is 0 Å². The zero-order valence-corrected chi connectivity index (χ0v) is 16.9. The largest absolute Gasteiger partial charge is 0.495 e. The SMILES string of the molecule is COc1ccc(-c2cn3ccccc3n2)cc1NC(=O)c1ccc(OC)c(OC)c1. The van der Waals surface area contributed by atoms with Gasteiger partial charge in [0, 0.05) is 23.5 Å². The quantitative estimate of drug-likeness (QED) is 0.520. The van der Waals surface area contributed by atoms with E-state index in [0.29, 0.717) is 28.5 Å². The van der Waals surface area contributed by atoms with E-state index in [0.717, 1.165) is 16.9 Å². The van der Waals surface area contributed by atoms with Crippen molar-refractivity contribution in [2.75, 3.05) is 26.6 Å². The van der Waals surface area contributed by atoms with Crippen molar-refractivity contribution in [2.45, 2.75) is 0 Å². The number of ether oxygens (including phenoxy) is 3. The minimum atomic E-state index is -0.290. The molecule has 0 saturated carbocycles. The average Bonchev–Trinajstić information content (AvgIpc) is 3.22. The van der Waals surface area contributed by atoms with Gasteiger partial charge in [-0.15, -0.1) is 0 Å². The van der Waals surface area contributed by atoms with Crippen molar-refractivity contribution in [1.82, 2.24) is 9.38 Å². The fraction of sp³-hybridized carbons (Fsp3) is 0.130. The number of carbonyl (C=O) groups is 1. The van der Waals surface area contributed by atoms with Gasteiger partial charge < -0.3 is 23.9 Å². The number of hydrogen-bond acceptors (Lipinski definition) is 5. The lowest BCUT2D eigenvalue weighted by molar-refractivity contribution is 0.102. The Hall–Kier alpha value is -4.00. The van der Waals surface area contributed by atoms with Crippen molar-refractivity contribution in [1.29, 1.82) is 0 Å². The molecule has 4 aromatic rings. The summed E-state index contributed by atoms with van der Waals surface area (Å²) >= 11 is 0. The Kier molecular flexibility index (Phi) is 5.26. The van der Waals surface area contributed by atoms with Crippen LogP contribution in [0.2, 0.25) is 0 Å². The first-order chi connectivity index (χ1) is 14.6. The molecular formula is C23H21N3O4. The number of anilines is 1. The van der Waals surface area contributed by atoms with Crippen LogP contribution in [0.1, 0.15) is 10.4 Å². The Bertz CT molecular complexity index is 1180. The van der Waals surface area contributed by atoms with Gasteiger partial charge >= 0.3 is 0 Å². The smallest absolute Gasteiger partial charge is 0.255 e. The van der Waals surface area contributed by atoms with Crippen LogP contribution in [-0.2, 0) is 0 Å². The van der Waals surface area contributed by atoms with Crippen LogP contribution in [0.25, 0.3) is 16.9 Å². The van der Waals surface area contributed by atoms with Crippen LogP contribution in [0.4, 0.5) is 5.69 Å². The zero-order chi connectivity index (χ0) is 21.1. The summed E-state index contributed by atoms with van der Waals surface area (Å²) in [6, 6.07) is 16.4. The molecule has 7 nitrogen and oxygen atoms in total. The van der Waals surface area contributed by atoms with E-state index in [2.05, 4.69) is 10.3 Å². The lowest BCUT2D eigenvalue weighted by Crippen LogP contribution is -2.13. The number of fused-ring (bicyclic) bond motifs is 1. The Morgan fingerprint density at radius 2 is 1.67 bits per heavy atom. The number of aromatic nitrogens is 2. The molecule has 30 heavy (non-hydrogen) atoms. The lowest BCUT2D eigenvalue weighted by Gasteiger charge is -2.13. The number of benzene rings is 2. The number of nitrogens with zero attached hydrogens (tertiary/aromatic N) is 2. The topological polar surface area (TPSA) is 74.1 Å². The molecule has 7 heteroatoms. The van der Waals surface area contributed by atoms with Crippen LogP contribution in [0.15, 0.2) is 67.0 Å². The maximum absolute atomic E-state index is 12.9. The van der Waals surface area contributed by atoms with E-state index in [1.54, 1.807) is 32.4 Å². The van der Waals surface area contributed by atoms with Crippen LogP contribution >= 0.6 is 0 Å². The van der Waals surface area contributed by atoms with Crippen LogP contribution in [-0.4, -0.2) is 36.6 Å². The van der Waals surface area contributed by atoms with Crippen LogP contribution < -0.4 is 19.5 Å². The summed E-state index contributed by atoms with van der Waals surface area (Å²) in [5, 5.41) is 2.92. The summed E-state index contributed by atoms with van der Waals surface area (Å²) < 4.78 is 17.9. The Labute approximate surface area is 173 Å². The van der Waals surface area contributed by atoms with Crippen LogP contribution in [0, 0.1) is 0 Å². The molecule has 4 rings (SSSR count). The number of carbonyl (C=O) groups excluding carboxylic acids is 1. The molecule has 0 atom stereocenters. The summed E-state index contributed by atoms with van der Waals surface area (Å²) in [4.78, 5) is 17.5. The van der Waals surface area contributed by atoms with Gasteiger partial charge in [-0.2, -0.15) is 0 Å². The number of pyridine rings is 1. The van der Waals surface area contributed by atoms with Crippen molar-refractivity contribution >= 4 is 17.2 Å². The van der Waals surface area contributed by atoms with Crippen LogP contribution in [0.3, 0.4) is 0 Å². The van der Waals surface area contributed by atoms with Gasteiger partial charge in [0.05, 0.1) is 32.7 Å². The van der Waals surface area contributed by atoms with E-state index in [-0.39, 0.29) is 5.91 Å². The number of hydrogen-bond donors (Lipinski definition) is 1. The first-order valence-corrected chi connectivity index (χ1v) is 9.28. The zero-order valence-electron chi connectivity index (χ0n) is 16.9. The first kappa shape index (κ1) is 19.3. The number of methoxy groups -OCH3 is 3. The van der Waals surface area contributed by atoms with Crippen molar-refractivity contribution in [3.05, 3.63) is 72.6 Å². The Morgan fingerprint density at radius 3 is 2.40 bits per heavy atom. The number of imidazole rings is 1. The third kappa shape index (κ3) is 3.65. The van der Waals surface area contributed by atoms with E-state index in [1.807, 2.05) is 53.2 Å². The first-order valence-electron chi connectivity index (χ1n) is 9.28. The third-order valence-corrected chi connectivity index (χ3v) is 4.75. The van der Waals surface area contributed by atoms with Crippen molar-refractivity contribution < 1.29 is 19.0 Å². The monoisotopic (exact) mass is 403 g/mol. The standard InChI is InChI=1S/C23H21N3O4/c1-28-19-9-7-15(18-14-26-11-5-4-6-22(26)24-18)12-17(19)25-23(27)16-8-10-20(29-2)21(13-16)30-3/h4-14H,1-3H3,(H,25,27). The third-order valence-electron chi connectivity index (χ3n) is 4.75. The molecule has 0 aliphatic rings. The average molecular weight is 403 g/mol. The molecule has 0 saturated heterocycles. The van der Waals surface area contributed by atoms with Gasteiger partial charge in [-0.05, 0) is 48.5 Å². The molecule has 2 heterocycles. The van der Waals surface area contributed by atoms with E-state index in [1.165, 1.54) is 7.11 Å². The summed E-state index contributed by atoms with van der Waals surface area (Å²) in [5.41, 5.74) is 3.49. The van der Waals surface area contributed by atoms with E-state index in [4.69, 9.17) is 14.2 Å². The van der Waals surface area contributed by atoms with Gasteiger partial charge in [0.1, 0.15) is 11.4 Å². The molecule has 0 aliphatic carbocycles. The Morgan fingerprint density at radius 1 is 0.900 bits per heavy atom. The van der Waals surface area contributed by atoms with Gasteiger partial charge in [-0.1, -0.05) is 6.07 Å². The van der Waals surface area contributed by atoms with Crippen molar-refractivity contribution in [3.8, 4) is 28.5 Å². The number of rotatable bonds is 6. The highest BCUT2D eigenvalue weighted by atomic mass is 16.5. The summed E-state index contributed by atoms with van der Waals surface area (Å²) in [6.07, 6.45) is 3.88. The second-order valence-corrected chi connectivity index (χ2v) is 6.53. The van der Waals surface area contributed by atoms with Crippen LogP contribution in [0.5, 0.6) is 17.2 Å². The molecule has 152 valence electrons. The normalized spacial score (nSPS) is 10.6. The highest BCUT2D eigenvalue weighted by Crippen LogP contribution is 2.32. The molecule has 1 N–H and O–H groups in total. The predicted molar refractivity (Wildman–Crippen MR) is 115 cm³/mol. The van der Waals surface area contributed by atoms with Gasteiger partial charge in [-0.3, -0.25) is 4.79 Å². The Balaban J connectivity index is 1.66. The lowest BCUT2D eigenvalue weighted by atomic mass is 10.1. The number of amides is 1. The molecule has 0 radical (unpaired) electrons. The molecule has 0 fully saturated rings. The second-order valence-electron chi connectivity index (χ2n) is 6.53. The minimum absolute atomic E-state index is 0.290. The predicted octanol–water partition coefficient (Wildman–Crippen LogP) is 4.28. The molecule has 2 aromatic heterocycles. The highest BCUT2D eigenvalue weighted by molar-refractivity contribution is 6.05. The highest BCUT2D eigenvalue weighted by Gasteiger charge is 2.15. The maximum atomic E-state index is 12.9. The van der Waals surface area contributed by atoms with E-state index in [9.17, 15) is 4.79 Å². The van der Waals surface area contributed by atoms with E-state index >= 15 is 0 Å². The van der Waals surface area contributed by atoms with Gasteiger partial charge in [-0.25, -0.2) is 4.98 Å². The van der Waals surface area contributed by atoms with Gasteiger partial charge in [0.2, 0.25) is 0 Å². The molecule has 0 unspecified atom stereocenters.